The SMILES string of the molecule is O=C(Nc1ccccc1SCC(F)(F)F)C1CC(=O)N(Cc2ccco2)C1. The Balaban J connectivity index is 1.61. The second-order valence-corrected chi connectivity index (χ2v) is 7.16. The smallest absolute Gasteiger partial charge is 0.398 e. The Labute approximate surface area is 157 Å². The van der Waals surface area contributed by atoms with Crippen LogP contribution in [0.25, 0.3) is 0 Å². The number of alkyl halides is 3. The molecule has 9 heteroatoms. The third-order valence-corrected chi connectivity index (χ3v) is 5.19. The molecule has 1 aliphatic rings. The van der Waals surface area contributed by atoms with Crippen LogP contribution in [-0.2, 0) is 16.1 Å². The van der Waals surface area contributed by atoms with Gasteiger partial charge in [0.2, 0.25) is 11.8 Å². The Bertz CT molecular complexity index is 808. The van der Waals surface area contributed by atoms with Crippen LogP contribution in [0, 0.1) is 5.92 Å². The van der Waals surface area contributed by atoms with Crippen LogP contribution in [0.5, 0.6) is 0 Å². The van der Waals surface area contributed by atoms with Gasteiger partial charge in [-0.25, -0.2) is 0 Å². The summed E-state index contributed by atoms with van der Waals surface area (Å²) < 4.78 is 42.6. The van der Waals surface area contributed by atoms with E-state index in [0.29, 0.717) is 28.1 Å². The van der Waals surface area contributed by atoms with Gasteiger partial charge in [0.15, 0.2) is 0 Å². The van der Waals surface area contributed by atoms with Crippen molar-refractivity contribution >= 4 is 29.3 Å². The maximum Gasteiger partial charge on any atom is 0.398 e. The predicted octanol–water partition coefficient (Wildman–Crippen LogP) is 3.92. The predicted molar refractivity (Wildman–Crippen MR) is 94.1 cm³/mol. The maximum atomic E-state index is 12.5. The third kappa shape index (κ3) is 5.29. The van der Waals surface area contributed by atoms with Gasteiger partial charge in [-0.05, 0) is 24.3 Å². The summed E-state index contributed by atoms with van der Waals surface area (Å²) >= 11 is 0.613. The normalized spacial score (nSPS) is 17.4. The number of carbonyl (C=O) groups excluding carboxylic acids is 2. The molecular weight excluding hydrogens is 381 g/mol. The lowest BCUT2D eigenvalue weighted by molar-refractivity contribution is -0.128. The Morgan fingerprint density at radius 2 is 2.04 bits per heavy atom. The molecule has 1 N–H and O–H groups in total. The summed E-state index contributed by atoms with van der Waals surface area (Å²) in [5.74, 6) is -1.53. The molecule has 1 fully saturated rings. The molecule has 0 bridgehead atoms. The van der Waals surface area contributed by atoms with Gasteiger partial charge < -0.3 is 14.6 Å². The number of furan rings is 1. The molecule has 3 rings (SSSR count). The van der Waals surface area contributed by atoms with Gasteiger partial charge in [0, 0.05) is 17.9 Å². The summed E-state index contributed by atoms with van der Waals surface area (Å²) in [4.78, 5) is 26.5. The van der Waals surface area contributed by atoms with Crippen molar-refractivity contribution in [1.82, 2.24) is 4.90 Å². The highest BCUT2D eigenvalue weighted by Crippen LogP contribution is 2.32. The van der Waals surface area contributed by atoms with Crippen molar-refractivity contribution in [2.75, 3.05) is 17.6 Å². The van der Waals surface area contributed by atoms with Crippen molar-refractivity contribution in [3.63, 3.8) is 0 Å². The van der Waals surface area contributed by atoms with Crippen molar-refractivity contribution in [2.45, 2.75) is 24.0 Å². The quantitative estimate of drug-likeness (QED) is 0.750. The van der Waals surface area contributed by atoms with Crippen LogP contribution in [0.4, 0.5) is 18.9 Å². The minimum Gasteiger partial charge on any atom is -0.467 e. The van der Waals surface area contributed by atoms with Crippen molar-refractivity contribution in [1.29, 1.82) is 0 Å². The lowest BCUT2D eigenvalue weighted by Gasteiger charge is -2.16. The Morgan fingerprint density at radius 1 is 1.26 bits per heavy atom. The zero-order valence-electron chi connectivity index (χ0n) is 14.2. The van der Waals surface area contributed by atoms with Gasteiger partial charge >= 0.3 is 6.18 Å². The van der Waals surface area contributed by atoms with Crippen LogP contribution in [0.15, 0.2) is 52.0 Å². The van der Waals surface area contributed by atoms with Crippen LogP contribution >= 0.6 is 11.8 Å². The first kappa shape index (κ1) is 19.3. The lowest BCUT2D eigenvalue weighted by atomic mass is 10.1. The average Bonchev–Trinajstić information content (AvgIpc) is 3.24. The zero-order chi connectivity index (χ0) is 19.4. The van der Waals surface area contributed by atoms with Crippen molar-refractivity contribution in [3.8, 4) is 0 Å². The first-order chi connectivity index (χ1) is 12.8. The van der Waals surface area contributed by atoms with E-state index >= 15 is 0 Å². The monoisotopic (exact) mass is 398 g/mol. The number of likely N-dealkylation sites (tertiary alicyclic amines) is 1. The molecule has 1 aromatic carbocycles. The molecule has 1 saturated heterocycles. The first-order valence-electron chi connectivity index (χ1n) is 8.21. The molecule has 2 heterocycles. The number of amides is 2. The van der Waals surface area contributed by atoms with E-state index in [1.54, 1.807) is 30.3 Å². The van der Waals surface area contributed by atoms with E-state index in [0.717, 1.165) is 0 Å². The highest BCUT2D eigenvalue weighted by molar-refractivity contribution is 7.99. The van der Waals surface area contributed by atoms with E-state index in [1.807, 2.05) is 0 Å². The number of benzene rings is 1. The molecule has 1 aliphatic heterocycles. The number of thioether (sulfide) groups is 1. The molecule has 144 valence electrons. The van der Waals surface area contributed by atoms with Gasteiger partial charge in [-0.15, -0.1) is 11.8 Å². The van der Waals surface area contributed by atoms with Crippen molar-refractivity contribution < 1.29 is 27.2 Å². The summed E-state index contributed by atoms with van der Waals surface area (Å²) in [6.45, 7) is 0.525. The fraction of sp³-hybridized carbons (Fsp3) is 0.333. The summed E-state index contributed by atoms with van der Waals surface area (Å²) in [6.07, 6.45) is -2.73. The number of carbonyl (C=O) groups is 2. The number of hydrogen-bond donors (Lipinski definition) is 1. The second-order valence-electron chi connectivity index (χ2n) is 6.14. The summed E-state index contributed by atoms with van der Waals surface area (Å²) in [5, 5.41) is 2.66. The van der Waals surface area contributed by atoms with E-state index in [-0.39, 0.29) is 31.3 Å². The molecule has 1 unspecified atom stereocenters. The minimum absolute atomic E-state index is 0.0599. The molecule has 5 nitrogen and oxygen atoms in total. The Kier molecular flexibility index (Phi) is 5.79. The maximum absolute atomic E-state index is 12.5. The van der Waals surface area contributed by atoms with Crippen molar-refractivity contribution in [2.24, 2.45) is 5.92 Å². The number of halogens is 3. The van der Waals surface area contributed by atoms with Crippen LogP contribution in [0.3, 0.4) is 0 Å². The van der Waals surface area contributed by atoms with Gasteiger partial charge in [-0.3, -0.25) is 9.59 Å². The Morgan fingerprint density at radius 3 is 2.74 bits per heavy atom. The zero-order valence-corrected chi connectivity index (χ0v) is 15.0. The summed E-state index contributed by atoms with van der Waals surface area (Å²) in [5.41, 5.74) is 0.314. The molecule has 1 aromatic heterocycles. The molecule has 27 heavy (non-hydrogen) atoms. The van der Waals surface area contributed by atoms with Crippen LogP contribution in [0.1, 0.15) is 12.2 Å². The van der Waals surface area contributed by atoms with Gasteiger partial charge in [0.1, 0.15) is 5.76 Å². The van der Waals surface area contributed by atoms with Crippen molar-refractivity contribution in [3.05, 3.63) is 48.4 Å². The molecule has 0 radical (unpaired) electrons. The second kappa shape index (κ2) is 8.08. The molecular formula is C18H17F3N2O3S. The fourth-order valence-electron chi connectivity index (χ4n) is 2.78. The summed E-state index contributed by atoms with van der Waals surface area (Å²) in [6, 6.07) is 9.78. The average molecular weight is 398 g/mol. The molecule has 0 aliphatic carbocycles. The molecule has 2 amide bonds. The van der Waals surface area contributed by atoms with Gasteiger partial charge in [-0.2, -0.15) is 13.2 Å². The van der Waals surface area contributed by atoms with E-state index < -0.39 is 17.8 Å². The number of para-hydroxylation sites is 1. The number of nitrogens with zero attached hydrogens (tertiary/aromatic N) is 1. The summed E-state index contributed by atoms with van der Waals surface area (Å²) in [7, 11) is 0. The molecule has 0 spiro atoms. The topological polar surface area (TPSA) is 62.6 Å². The number of rotatable bonds is 6. The van der Waals surface area contributed by atoms with Gasteiger partial charge in [-0.1, -0.05) is 12.1 Å². The highest BCUT2D eigenvalue weighted by Gasteiger charge is 2.35. The van der Waals surface area contributed by atoms with E-state index in [1.165, 1.54) is 17.2 Å². The van der Waals surface area contributed by atoms with Crippen LogP contribution in [-0.4, -0.2) is 35.2 Å². The number of anilines is 1. The van der Waals surface area contributed by atoms with Crippen LogP contribution < -0.4 is 5.32 Å². The third-order valence-electron chi connectivity index (χ3n) is 4.05. The lowest BCUT2D eigenvalue weighted by Crippen LogP contribution is -2.28. The fourth-order valence-corrected chi connectivity index (χ4v) is 3.55. The van der Waals surface area contributed by atoms with Crippen LogP contribution in [0.2, 0.25) is 0 Å². The number of hydrogen-bond acceptors (Lipinski definition) is 4. The van der Waals surface area contributed by atoms with Gasteiger partial charge in [0.05, 0.1) is 30.2 Å². The largest absolute Gasteiger partial charge is 0.467 e. The minimum atomic E-state index is -4.30. The number of nitrogens with one attached hydrogen (secondary N) is 1. The molecule has 2 aromatic rings. The standard InChI is InChI=1S/C18H17F3N2O3S/c19-18(20,21)11-27-15-6-2-1-5-14(15)22-17(25)12-8-16(24)23(9-12)10-13-4-3-7-26-13/h1-7,12H,8-11H2,(H,22,25). The highest BCUT2D eigenvalue weighted by atomic mass is 32.2. The van der Waals surface area contributed by atoms with E-state index in [2.05, 4.69) is 5.32 Å². The van der Waals surface area contributed by atoms with E-state index in [4.69, 9.17) is 4.42 Å². The first-order valence-corrected chi connectivity index (χ1v) is 9.20. The Hall–Kier alpha value is -2.42. The van der Waals surface area contributed by atoms with E-state index in [9.17, 15) is 22.8 Å². The molecule has 0 saturated carbocycles. The molecule has 1 atom stereocenters. The van der Waals surface area contributed by atoms with Gasteiger partial charge in [0.25, 0.3) is 0 Å².